The summed E-state index contributed by atoms with van der Waals surface area (Å²) >= 11 is 0. The summed E-state index contributed by atoms with van der Waals surface area (Å²) in [7, 11) is 0. The van der Waals surface area contributed by atoms with E-state index in [2.05, 4.69) is 23.5 Å². The summed E-state index contributed by atoms with van der Waals surface area (Å²) in [6, 6.07) is 1.78. The standard InChI is InChI=1S/C20H26F3N3O/c1-7-9-14-15(10-8-2)24-12-11-16(14)25-18(3,4)13-19(5,6)26-17(27)20(21,22)23/h7-12,25H,1-2,13H2,3-6H3,(H,26,27)/b14-9+,15-10+. The summed E-state index contributed by atoms with van der Waals surface area (Å²) in [4.78, 5) is 15.6. The van der Waals surface area contributed by atoms with Gasteiger partial charge in [-0.05, 0) is 46.3 Å². The van der Waals surface area contributed by atoms with Crippen molar-refractivity contribution in [2.24, 2.45) is 0 Å². The minimum atomic E-state index is -4.92. The average Bonchev–Trinajstić information content (AvgIpc) is 2.47. The Kier molecular flexibility index (Phi) is 7.00. The van der Waals surface area contributed by atoms with Crippen LogP contribution >= 0.6 is 0 Å². The van der Waals surface area contributed by atoms with Gasteiger partial charge in [0.2, 0.25) is 0 Å². The number of alkyl halides is 3. The molecule has 148 valence electrons. The zero-order chi connectivity index (χ0) is 20.9. The van der Waals surface area contributed by atoms with Crippen LogP contribution in [-0.2, 0) is 4.79 Å². The Morgan fingerprint density at radius 3 is 2.22 bits per heavy atom. The molecule has 0 radical (unpaired) electrons. The lowest BCUT2D eigenvalue weighted by molar-refractivity contribution is -0.175. The van der Waals surface area contributed by atoms with Crippen LogP contribution in [0.5, 0.6) is 0 Å². The van der Waals surface area contributed by atoms with Crippen molar-refractivity contribution >= 4 is 23.7 Å². The summed E-state index contributed by atoms with van der Waals surface area (Å²) < 4.78 is 37.7. The molecule has 1 amide bonds. The van der Waals surface area contributed by atoms with Crippen molar-refractivity contribution < 1.29 is 18.0 Å². The summed E-state index contributed by atoms with van der Waals surface area (Å²) in [5.41, 5.74) is -0.950. The van der Waals surface area contributed by atoms with E-state index >= 15 is 0 Å². The van der Waals surface area contributed by atoms with E-state index in [1.807, 2.05) is 19.2 Å². The number of carbonyl (C=O) groups is 1. The molecule has 27 heavy (non-hydrogen) atoms. The van der Waals surface area contributed by atoms with Gasteiger partial charge in [0.15, 0.2) is 0 Å². The molecule has 1 heterocycles. The molecule has 0 atom stereocenters. The normalized spacial score (nSPS) is 14.0. The highest BCUT2D eigenvalue weighted by Crippen LogP contribution is 2.25. The fraction of sp³-hybridized carbons (Fsp3) is 0.400. The average molecular weight is 381 g/mol. The SMILES string of the molecule is C=C/C=c1/c(NC(C)(C)CC(C)(C)NC(=O)C(F)(F)F)ccn/c1=C/C=C. The van der Waals surface area contributed by atoms with Crippen LogP contribution in [-0.4, -0.2) is 28.1 Å². The van der Waals surface area contributed by atoms with Crippen molar-refractivity contribution in [1.29, 1.82) is 0 Å². The summed E-state index contributed by atoms with van der Waals surface area (Å²) in [6.07, 6.45) is 3.75. The Morgan fingerprint density at radius 1 is 1.11 bits per heavy atom. The number of amides is 1. The molecule has 0 aromatic carbocycles. The van der Waals surface area contributed by atoms with E-state index in [-0.39, 0.29) is 6.42 Å². The summed E-state index contributed by atoms with van der Waals surface area (Å²) in [6.45, 7) is 14.2. The van der Waals surface area contributed by atoms with Gasteiger partial charge in [-0.15, -0.1) is 0 Å². The van der Waals surface area contributed by atoms with E-state index < -0.39 is 23.2 Å². The first kappa shape index (κ1) is 22.5. The molecule has 1 rings (SSSR count). The van der Waals surface area contributed by atoms with Crippen molar-refractivity contribution in [1.82, 2.24) is 10.3 Å². The molecule has 0 saturated heterocycles. The molecule has 0 saturated carbocycles. The van der Waals surface area contributed by atoms with Crippen LogP contribution in [0.2, 0.25) is 0 Å². The third-order valence-electron chi connectivity index (χ3n) is 3.65. The molecule has 0 unspecified atom stereocenters. The largest absolute Gasteiger partial charge is 0.471 e. The number of nitrogens with zero attached hydrogens (tertiary/aromatic N) is 1. The lowest BCUT2D eigenvalue weighted by atomic mass is 9.86. The van der Waals surface area contributed by atoms with Crippen molar-refractivity contribution in [3.63, 3.8) is 0 Å². The third kappa shape index (κ3) is 6.92. The van der Waals surface area contributed by atoms with Gasteiger partial charge in [-0.2, -0.15) is 13.2 Å². The number of nitrogens with one attached hydrogen (secondary N) is 2. The predicted molar refractivity (Wildman–Crippen MR) is 103 cm³/mol. The second-order valence-corrected chi connectivity index (χ2v) is 7.48. The van der Waals surface area contributed by atoms with Gasteiger partial charge >= 0.3 is 12.1 Å². The Hall–Kier alpha value is -2.57. The summed E-state index contributed by atoms with van der Waals surface area (Å²) in [5, 5.41) is 6.86. The molecule has 0 bridgehead atoms. The minimum Gasteiger partial charge on any atom is -0.379 e. The maximum atomic E-state index is 12.6. The van der Waals surface area contributed by atoms with Gasteiger partial charge in [0.1, 0.15) is 0 Å². The number of allylic oxidation sites excluding steroid dienone is 2. The lowest BCUT2D eigenvalue weighted by Crippen LogP contribution is -2.53. The third-order valence-corrected chi connectivity index (χ3v) is 3.65. The molecule has 7 heteroatoms. The monoisotopic (exact) mass is 381 g/mol. The molecule has 1 aromatic heterocycles. The van der Waals surface area contributed by atoms with Crippen LogP contribution < -0.4 is 21.2 Å². The Morgan fingerprint density at radius 2 is 1.70 bits per heavy atom. The Balaban J connectivity index is 3.14. The topological polar surface area (TPSA) is 54.0 Å². The predicted octanol–water partition coefficient (Wildman–Crippen LogP) is 3.05. The highest BCUT2D eigenvalue weighted by atomic mass is 19.4. The van der Waals surface area contributed by atoms with Crippen molar-refractivity contribution in [2.75, 3.05) is 5.32 Å². The highest BCUT2D eigenvalue weighted by molar-refractivity contribution is 5.82. The quantitative estimate of drug-likeness (QED) is 0.763. The van der Waals surface area contributed by atoms with Crippen molar-refractivity contribution in [3.8, 4) is 0 Å². The van der Waals surface area contributed by atoms with E-state index in [1.54, 1.807) is 50.4 Å². The molecule has 0 fully saturated rings. The number of carbonyl (C=O) groups excluding carboxylic acids is 1. The van der Waals surface area contributed by atoms with Crippen LogP contribution in [0.3, 0.4) is 0 Å². The van der Waals surface area contributed by atoms with E-state index in [0.29, 0.717) is 5.35 Å². The van der Waals surface area contributed by atoms with Gasteiger partial charge < -0.3 is 10.6 Å². The number of aromatic nitrogens is 1. The molecule has 4 nitrogen and oxygen atoms in total. The first-order valence-electron chi connectivity index (χ1n) is 8.39. The number of anilines is 1. The smallest absolute Gasteiger partial charge is 0.379 e. The second-order valence-electron chi connectivity index (χ2n) is 7.48. The molecule has 0 spiro atoms. The summed E-state index contributed by atoms with van der Waals surface area (Å²) in [5.74, 6) is -1.95. The molecule has 2 N–H and O–H groups in total. The van der Waals surface area contributed by atoms with E-state index in [9.17, 15) is 18.0 Å². The van der Waals surface area contributed by atoms with Crippen molar-refractivity contribution in [3.05, 3.63) is 48.1 Å². The zero-order valence-electron chi connectivity index (χ0n) is 16.1. The first-order valence-corrected chi connectivity index (χ1v) is 8.39. The van der Waals surface area contributed by atoms with Crippen LogP contribution in [0, 0.1) is 0 Å². The van der Waals surface area contributed by atoms with Crippen LogP contribution in [0.1, 0.15) is 34.1 Å². The van der Waals surface area contributed by atoms with E-state index in [1.165, 1.54) is 0 Å². The van der Waals surface area contributed by atoms with Gasteiger partial charge in [-0.25, -0.2) is 0 Å². The molecule has 0 aliphatic heterocycles. The number of rotatable bonds is 7. The number of hydrogen-bond acceptors (Lipinski definition) is 3. The van der Waals surface area contributed by atoms with E-state index in [4.69, 9.17) is 0 Å². The number of hydrogen-bond donors (Lipinski definition) is 2. The number of halogens is 3. The fourth-order valence-corrected chi connectivity index (χ4v) is 3.07. The lowest BCUT2D eigenvalue weighted by Gasteiger charge is -2.37. The highest BCUT2D eigenvalue weighted by Gasteiger charge is 2.42. The molecule has 0 aliphatic rings. The molecule has 1 aromatic rings. The Labute approximate surface area is 157 Å². The van der Waals surface area contributed by atoms with E-state index in [0.717, 1.165) is 10.9 Å². The minimum absolute atomic E-state index is 0.248. The van der Waals surface area contributed by atoms with Gasteiger partial charge in [0, 0.05) is 28.2 Å². The molecular weight excluding hydrogens is 355 g/mol. The van der Waals surface area contributed by atoms with Crippen LogP contribution in [0.4, 0.5) is 18.9 Å². The van der Waals surface area contributed by atoms with Gasteiger partial charge in [-0.1, -0.05) is 31.4 Å². The van der Waals surface area contributed by atoms with Crippen LogP contribution in [0.15, 0.2) is 37.6 Å². The second kappa shape index (κ2) is 8.41. The maximum Gasteiger partial charge on any atom is 0.471 e. The number of pyridine rings is 1. The molecular formula is C20H26F3N3O. The first-order chi connectivity index (χ1) is 12.3. The Bertz CT molecular complexity index is 824. The van der Waals surface area contributed by atoms with Gasteiger partial charge in [0.05, 0.1) is 5.35 Å². The maximum absolute atomic E-state index is 12.6. The van der Waals surface area contributed by atoms with Gasteiger partial charge in [-0.3, -0.25) is 9.78 Å². The van der Waals surface area contributed by atoms with Crippen LogP contribution in [0.25, 0.3) is 12.2 Å². The van der Waals surface area contributed by atoms with Crippen molar-refractivity contribution in [2.45, 2.75) is 51.4 Å². The zero-order valence-corrected chi connectivity index (χ0v) is 16.1. The molecule has 0 aliphatic carbocycles. The van der Waals surface area contributed by atoms with Gasteiger partial charge in [0.25, 0.3) is 0 Å². The fourth-order valence-electron chi connectivity index (χ4n) is 3.07.